The quantitative estimate of drug-likeness (QED) is 0.578. The number of nitrogens with one attached hydrogen (secondary N) is 2. The molecule has 162 valence electrons. The first-order valence-corrected chi connectivity index (χ1v) is 10.9. The molecule has 1 aliphatic heterocycles. The van der Waals surface area contributed by atoms with E-state index in [9.17, 15) is 9.59 Å². The Labute approximate surface area is 183 Å². The molecule has 0 saturated heterocycles. The fraction of sp³-hybridized carbons (Fsp3) is 0.318. The van der Waals surface area contributed by atoms with Gasteiger partial charge in [0, 0.05) is 5.38 Å². The number of hydrogen-bond acceptors (Lipinski definition) is 7. The Bertz CT molecular complexity index is 1060. The van der Waals surface area contributed by atoms with Crippen molar-refractivity contribution >= 4 is 28.3 Å². The Kier molecular flexibility index (Phi) is 6.22. The molecule has 0 unspecified atom stereocenters. The average molecular weight is 442 g/mol. The van der Waals surface area contributed by atoms with E-state index in [1.807, 2.05) is 32.0 Å². The van der Waals surface area contributed by atoms with E-state index in [4.69, 9.17) is 13.9 Å². The molecule has 0 spiro atoms. The maximum atomic E-state index is 12.7. The number of furan rings is 1. The lowest BCUT2D eigenvalue weighted by Crippen LogP contribution is -2.33. The molecular weight excluding hydrogens is 418 g/mol. The van der Waals surface area contributed by atoms with Gasteiger partial charge in [-0.2, -0.15) is 0 Å². The predicted molar refractivity (Wildman–Crippen MR) is 116 cm³/mol. The Balaban J connectivity index is 1.39. The minimum Gasteiger partial charge on any atom is -0.486 e. The molecule has 1 aromatic carbocycles. The smallest absolute Gasteiger partial charge is 0.293 e. The van der Waals surface area contributed by atoms with Crippen molar-refractivity contribution < 1.29 is 23.5 Å². The number of benzene rings is 1. The molecule has 3 heterocycles. The molecule has 8 nitrogen and oxygen atoms in total. The summed E-state index contributed by atoms with van der Waals surface area (Å²) in [5, 5.41) is 7.93. The highest BCUT2D eigenvalue weighted by molar-refractivity contribution is 7.14. The van der Waals surface area contributed by atoms with Crippen molar-refractivity contribution in [3.63, 3.8) is 0 Å². The van der Waals surface area contributed by atoms with Crippen LogP contribution in [0.5, 0.6) is 11.5 Å². The maximum Gasteiger partial charge on any atom is 0.293 e. The number of rotatable bonds is 7. The Morgan fingerprint density at radius 3 is 2.71 bits per heavy atom. The van der Waals surface area contributed by atoms with Gasteiger partial charge in [0.05, 0.1) is 24.4 Å². The van der Waals surface area contributed by atoms with Crippen molar-refractivity contribution in [2.24, 2.45) is 5.92 Å². The third-order valence-corrected chi connectivity index (χ3v) is 5.57. The SMILES string of the molecule is CC(C)[C@H](NC(=O)Cc1csc(NC(=O)c2ccco2)n1)c1ccc2c(c1)OCCO2. The van der Waals surface area contributed by atoms with Crippen molar-refractivity contribution in [3.05, 3.63) is 59.0 Å². The van der Waals surface area contributed by atoms with Gasteiger partial charge >= 0.3 is 0 Å². The monoisotopic (exact) mass is 441 g/mol. The number of ether oxygens (including phenoxy) is 2. The summed E-state index contributed by atoms with van der Waals surface area (Å²) in [6, 6.07) is 8.77. The van der Waals surface area contributed by atoms with Gasteiger partial charge < -0.3 is 19.2 Å². The maximum absolute atomic E-state index is 12.7. The van der Waals surface area contributed by atoms with Crippen LogP contribution >= 0.6 is 11.3 Å². The number of hydrogen-bond donors (Lipinski definition) is 2. The molecule has 2 aromatic heterocycles. The van der Waals surface area contributed by atoms with Crippen molar-refractivity contribution in [2.45, 2.75) is 26.3 Å². The summed E-state index contributed by atoms with van der Waals surface area (Å²) >= 11 is 1.26. The highest BCUT2D eigenvalue weighted by Crippen LogP contribution is 2.34. The molecule has 0 radical (unpaired) electrons. The fourth-order valence-electron chi connectivity index (χ4n) is 3.29. The van der Waals surface area contributed by atoms with Gasteiger partial charge in [-0.05, 0) is 35.7 Å². The molecule has 0 fully saturated rings. The number of nitrogens with zero attached hydrogens (tertiary/aromatic N) is 1. The molecule has 4 rings (SSSR count). The number of aromatic nitrogens is 1. The lowest BCUT2D eigenvalue weighted by Gasteiger charge is -2.25. The average Bonchev–Trinajstić information content (AvgIpc) is 3.44. The molecule has 9 heteroatoms. The van der Waals surface area contributed by atoms with Gasteiger partial charge in [-0.3, -0.25) is 14.9 Å². The zero-order valence-corrected chi connectivity index (χ0v) is 18.0. The lowest BCUT2D eigenvalue weighted by atomic mass is 9.95. The molecule has 0 saturated carbocycles. The van der Waals surface area contributed by atoms with Crippen LogP contribution in [0.1, 0.15) is 41.7 Å². The molecule has 31 heavy (non-hydrogen) atoms. The molecule has 0 aliphatic carbocycles. The Hall–Kier alpha value is -3.33. The van der Waals surface area contributed by atoms with Gasteiger partial charge in [0.1, 0.15) is 13.2 Å². The van der Waals surface area contributed by atoms with Gasteiger partial charge in [-0.1, -0.05) is 19.9 Å². The Morgan fingerprint density at radius 2 is 1.97 bits per heavy atom. The van der Waals surface area contributed by atoms with Gasteiger partial charge in [-0.25, -0.2) is 4.98 Å². The number of amides is 2. The normalized spacial score (nSPS) is 13.6. The molecule has 2 amide bonds. The zero-order valence-electron chi connectivity index (χ0n) is 17.2. The highest BCUT2D eigenvalue weighted by atomic mass is 32.1. The van der Waals surface area contributed by atoms with Crippen LogP contribution in [0.3, 0.4) is 0 Å². The van der Waals surface area contributed by atoms with Crippen molar-refractivity contribution in [3.8, 4) is 11.5 Å². The number of fused-ring (bicyclic) bond motifs is 1. The van der Waals surface area contributed by atoms with Gasteiger partial charge in [0.25, 0.3) is 5.91 Å². The summed E-state index contributed by atoms with van der Waals surface area (Å²) in [7, 11) is 0. The summed E-state index contributed by atoms with van der Waals surface area (Å²) < 4.78 is 16.3. The van der Waals surface area contributed by atoms with E-state index in [1.165, 1.54) is 17.6 Å². The third kappa shape index (κ3) is 5.05. The first-order chi connectivity index (χ1) is 15.0. The molecule has 0 bridgehead atoms. The van der Waals surface area contributed by atoms with Crippen LogP contribution in [0, 0.1) is 5.92 Å². The summed E-state index contributed by atoms with van der Waals surface area (Å²) in [5.41, 5.74) is 1.54. The lowest BCUT2D eigenvalue weighted by molar-refractivity contribution is -0.121. The molecule has 2 N–H and O–H groups in total. The Morgan fingerprint density at radius 1 is 1.16 bits per heavy atom. The van der Waals surface area contributed by atoms with E-state index in [2.05, 4.69) is 15.6 Å². The molecule has 3 aromatic rings. The second-order valence-electron chi connectivity index (χ2n) is 7.44. The molecular formula is C22H23N3O5S. The summed E-state index contributed by atoms with van der Waals surface area (Å²) in [6.07, 6.45) is 1.54. The standard InChI is InChI=1S/C22H23N3O5S/c1-13(2)20(14-5-6-16-18(10-14)30-9-8-29-16)24-19(26)11-15-12-31-22(23-15)25-21(27)17-4-3-7-28-17/h3-7,10,12-13,20H,8-9,11H2,1-2H3,(H,24,26)(H,23,25,27)/t20-/m0/s1. The van der Waals surface area contributed by atoms with E-state index >= 15 is 0 Å². The van der Waals surface area contributed by atoms with Crippen LogP contribution in [0.2, 0.25) is 0 Å². The van der Waals surface area contributed by atoms with E-state index in [0.717, 1.165) is 11.3 Å². The van der Waals surface area contributed by atoms with Crippen molar-refractivity contribution in [1.29, 1.82) is 0 Å². The minimum absolute atomic E-state index is 0.112. The topological polar surface area (TPSA) is 103 Å². The number of anilines is 1. The zero-order chi connectivity index (χ0) is 21.8. The second-order valence-corrected chi connectivity index (χ2v) is 8.30. The van der Waals surface area contributed by atoms with Crippen LogP contribution in [-0.2, 0) is 11.2 Å². The van der Waals surface area contributed by atoms with Gasteiger partial charge in [0.2, 0.25) is 5.91 Å². The largest absolute Gasteiger partial charge is 0.486 e. The van der Waals surface area contributed by atoms with Gasteiger partial charge in [-0.15, -0.1) is 11.3 Å². The third-order valence-electron chi connectivity index (χ3n) is 4.77. The summed E-state index contributed by atoms with van der Waals surface area (Å²) in [5.74, 6) is 1.26. The van der Waals surface area contributed by atoms with Crippen molar-refractivity contribution in [1.82, 2.24) is 10.3 Å². The van der Waals surface area contributed by atoms with Crippen LogP contribution in [0.15, 0.2) is 46.4 Å². The second kappa shape index (κ2) is 9.22. The van der Waals surface area contributed by atoms with E-state index < -0.39 is 0 Å². The van der Waals surface area contributed by atoms with Crippen LogP contribution < -0.4 is 20.1 Å². The first kappa shape index (κ1) is 20.9. The first-order valence-electron chi connectivity index (χ1n) is 9.98. The van der Waals surface area contributed by atoms with E-state index in [-0.39, 0.29) is 36.0 Å². The van der Waals surface area contributed by atoms with Crippen LogP contribution in [0.4, 0.5) is 5.13 Å². The number of carbonyl (C=O) groups is 2. The minimum atomic E-state index is -0.381. The highest BCUT2D eigenvalue weighted by Gasteiger charge is 2.22. The predicted octanol–water partition coefficient (Wildman–Crippen LogP) is 3.82. The summed E-state index contributed by atoms with van der Waals surface area (Å²) in [4.78, 5) is 29.1. The molecule has 1 atom stereocenters. The molecule has 1 aliphatic rings. The number of carbonyl (C=O) groups excluding carboxylic acids is 2. The summed E-state index contributed by atoms with van der Waals surface area (Å²) in [6.45, 7) is 5.14. The van der Waals surface area contributed by atoms with Gasteiger partial charge in [0.15, 0.2) is 22.4 Å². The van der Waals surface area contributed by atoms with Crippen LogP contribution in [0.25, 0.3) is 0 Å². The number of thiazole rings is 1. The van der Waals surface area contributed by atoms with E-state index in [1.54, 1.807) is 17.5 Å². The fourth-order valence-corrected chi connectivity index (χ4v) is 3.99. The van der Waals surface area contributed by atoms with Crippen molar-refractivity contribution in [2.75, 3.05) is 18.5 Å². The van der Waals surface area contributed by atoms with E-state index in [0.29, 0.717) is 29.8 Å². The van der Waals surface area contributed by atoms with Crippen LogP contribution in [-0.4, -0.2) is 30.0 Å².